The van der Waals surface area contributed by atoms with Crippen LogP contribution in [0.1, 0.15) is 37.3 Å². The molecule has 3 rings (SSSR count). The van der Waals surface area contributed by atoms with Crippen molar-refractivity contribution in [1.29, 1.82) is 0 Å². The van der Waals surface area contributed by atoms with Gasteiger partial charge >= 0.3 is 0 Å². The lowest BCUT2D eigenvalue weighted by Crippen LogP contribution is -2.33. The fourth-order valence-corrected chi connectivity index (χ4v) is 3.21. The molecule has 0 aromatic heterocycles. The molecule has 27 heavy (non-hydrogen) atoms. The largest absolute Gasteiger partial charge is 0.399 e. The molecule has 2 amide bonds. The molecule has 6 heteroatoms. The Labute approximate surface area is 166 Å². The molecule has 1 heterocycles. The van der Waals surface area contributed by atoms with Crippen LogP contribution in [-0.4, -0.2) is 18.4 Å². The minimum atomic E-state index is -0.666. The number of nitrogens with zero attached hydrogens (tertiary/aromatic N) is 1. The maximum atomic E-state index is 12.7. The van der Waals surface area contributed by atoms with E-state index in [9.17, 15) is 9.59 Å². The van der Waals surface area contributed by atoms with E-state index in [4.69, 9.17) is 5.73 Å². The molecule has 144 valence electrons. The van der Waals surface area contributed by atoms with Crippen molar-refractivity contribution >= 4 is 41.3 Å². The van der Waals surface area contributed by atoms with Crippen molar-refractivity contribution in [3.05, 3.63) is 53.6 Å². The number of nitrogen functional groups attached to an aromatic ring is 1. The lowest BCUT2D eigenvalue weighted by molar-refractivity contribution is -0.129. The molecule has 2 aromatic rings. The molecule has 2 aromatic carbocycles. The summed E-state index contributed by atoms with van der Waals surface area (Å²) in [6, 6.07) is 13.3. The molecule has 5 nitrogen and oxygen atoms in total. The standard InChI is InChI=1S/C21H25N3O2.ClH/c1-13(2)15-5-8-17(9-6-15)24-11-10-18(21(24)26)20(25)23-19-12-16(22)7-4-14(19)3;/h4-9,12-13,18H,10-11,22H2,1-3H3,(H,23,25);1H. The van der Waals surface area contributed by atoms with Crippen molar-refractivity contribution in [2.45, 2.75) is 33.1 Å². The summed E-state index contributed by atoms with van der Waals surface area (Å²) < 4.78 is 0. The predicted molar refractivity (Wildman–Crippen MR) is 112 cm³/mol. The zero-order chi connectivity index (χ0) is 18.8. The number of carbonyl (C=O) groups is 2. The van der Waals surface area contributed by atoms with E-state index in [-0.39, 0.29) is 24.2 Å². The van der Waals surface area contributed by atoms with Crippen LogP contribution >= 0.6 is 12.4 Å². The summed E-state index contributed by atoms with van der Waals surface area (Å²) in [7, 11) is 0. The van der Waals surface area contributed by atoms with Gasteiger partial charge in [-0.2, -0.15) is 0 Å². The number of nitrogens with one attached hydrogen (secondary N) is 1. The van der Waals surface area contributed by atoms with Crippen LogP contribution in [0.3, 0.4) is 0 Å². The summed E-state index contributed by atoms with van der Waals surface area (Å²) in [6.45, 7) is 6.71. The first kappa shape index (κ1) is 20.8. The van der Waals surface area contributed by atoms with Gasteiger partial charge in [-0.15, -0.1) is 12.4 Å². The van der Waals surface area contributed by atoms with Crippen molar-refractivity contribution in [3.63, 3.8) is 0 Å². The summed E-state index contributed by atoms with van der Waals surface area (Å²) in [5, 5.41) is 2.85. The second kappa shape index (κ2) is 8.44. The maximum absolute atomic E-state index is 12.7. The highest BCUT2D eigenvalue weighted by Gasteiger charge is 2.37. The fraction of sp³-hybridized carbons (Fsp3) is 0.333. The monoisotopic (exact) mass is 387 g/mol. The van der Waals surface area contributed by atoms with Gasteiger partial charge in [-0.1, -0.05) is 32.0 Å². The number of anilines is 3. The van der Waals surface area contributed by atoms with Crippen LogP contribution in [0.4, 0.5) is 17.1 Å². The molecule has 1 aliphatic heterocycles. The number of carbonyl (C=O) groups excluding carboxylic acids is 2. The van der Waals surface area contributed by atoms with Gasteiger partial charge in [0.05, 0.1) is 0 Å². The third-order valence-corrected chi connectivity index (χ3v) is 4.91. The van der Waals surface area contributed by atoms with E-state index < -0.39 is 5.92 Å². The van der Waals surface area contributed by atoms with Crippen LogP contribution < -0.4 is 16.0 Å². The Kier molecular flexibility index (Phi) is 6.50. The summed E-state index contributed by atoms with van der Waals surface area (Å²) >= 11 is 0. The first-order valence-corrected chi connectivity index (χ1v) is 8.95. The molecule has 1 saturated heterocycles. The minimum absolute atomic E-state index is 0. The highest BCUT2D eigenvalue weighted by Crippen LogP contribution is 2.28. The lowest BCUT2D eigenvalue weighted by atomic mass is 10.0. The third-order valence-electron chi connectivity index (χ3n) is 4.91. The molecule has 0 saturated carbocycles. The lowest BCUT2D eigenvalue weighted by Gasteiger charge is -2.18. The molecular weight excluding hydrogens is 362 g/mol. The number of hydrogen-bond acceptors (Lipinski definition) is 3. The van der Waals surface area contributed by atoms with Crippen LogP contribution in [0.25, 0.3) is 0 Å². The molecule has 1 fully saturated rings. The Morgan fingerprint density at radius 2 is 1.85 bits per heavy atom. The van der Waals surface area contributed by atoms with Gasteiger partial charge in [-0.25, -0.2) is 0 Å². The first-order valence-electron chi connectivity index (χ1n) is 8.95. The minimum Gasteiger partial charge on any atom is -0.399 e. The number of halogens is 1. The van der Waals surface area contributed by atoms with Crippen molar-refractivity contribution in [2.75, 3.05) is 22.5 Å². The molecule has 0 bridgehead atoms. The zero-order valence-corrected chi connectivity index (χ0v) is 16.7. The van der Waals surface area contributed by atoms with E-state index in [2.05, 4.69) is 19.2 Å². The number of nitrogens with two attached hydrogens (primary N) is 1. The molecule has 0 radical (unpaired) electrons. The van der Waals surface area contributed by atoms with Crippen LogP contribution in [0, 0.1) is 12.8 Å². The number of aryl methyl sites for hydroxylation is 1. The van der Waals surface area contributed by atoms with Crippen LogP contribution in [0.5, 0.6) is 0 Å². The molecule has 3 N–H and O–H groups in total. The van der Waals surface area contributed by atoms with Gasteiger partial charge in [0.25, 0.3) is 0 Å². The highest BCUT2D eigenvalue weighted by atomic mass is 35.5. The Hall–Kier alpha value is -2.53. The molecule has 1 atom stereocenters. The smallest absolute Gasteiger partial charge is 0.239 e. The van der Waals surface area contributed by atoms with E-state index in [1.165, 1.54) is 5.56 Å². The summed E-state index contributed by atoms with van der Waals surface area (Å²) in [6.07, 6.45) is 0.512. The molecule has 1 unspecified atom stereocenters. The fourth-order valence-electron chi connectivity index (χ4n) is 3.21. The summed E-state index contributed by atoms with van der Waals surface area (Å²) in [4.78, 5) is 27.1. The second-order valence-electron chi connectivity index (χ2n) is 7.14. The van der Waals surface area contributed by atoms with Gasteiger partial charge in [0.1, 0.15) is 5.92 Å². The summed E-state index contributed by atoms with van der Waals surface area (Å²) in [5.41, 5.74) is 10.0. The number of amides is 2. The normalized spacial score (nSPS) is 16.4. The van der Waals surface area contributed by atoms with E-state index >= 15 is 0 Å². The Morgan fingerprint density at radius 1 is 1.19 bits per heavy atom. The Morgan fingerprint density at radius 3 is 2.48 bits per heavy atom. The van der Waals surface area contributed by atoms with Gasteiger partial charge in [0.15, 0.2) is 0 Å². The predicted octanol–water partition coefficient (Wildman–Crippen LogP) is 4.11. The van der Waals surface area contributed by atoms with E-state index in [0.717, 1.165) is 11.3 Å². The van der Waals surface area contributed by atoms with E-state index in [0.29, 0.717) is 30.3 Å². The van der Waals surface area contributed by atoms with E-state index in [1.54, 1.807) is 17.0 Å². The van der Waals surface area contributed by atoms with E-state index in [1.807, 2.05) is 37.3 Å². The van der Waals surface area contributed by atoms with Crippen molar-refractivity contribution in [2.24, 2.45) is 5.92 Å². The van der Waals surface area contributed by atoms with Crippen molar-refractivity contribution in [1.82, 2.24) is 0 Å². The zero-order valence-electron chi connectivity index (χ0n) is 15.9. The third kappa shape index (κ3) is 4.42. The van der Waals surface area contributed by atoms with Gasteiger partial charge in [-0.05, 0) is 54.7 Å². The number of hydrogen-bond donors (Lipinski definition) is 2. The van der Waals surface area contributed by atoms with Gasteiger partial charge in [0.2, 0.25) is 11.8 Å². The SMILES string of the molecule is Cc1ccc(N)cc1NC(=O)C1CCN(c2ccc(C(C)C)cc2)C1=O.Cl. The van der Waals surface area contributed by atoms with Crippen LogP contribution in [0.15, 0.2) is 42.5 Å². The Bertz CT molecular complexity index is 834. The Balaban J connectivity index is 0.00000261. The molecular formula is C21H26ClN3O2. The highest BCUT2D eigenvalue weighted by molar-refractivity contribution is 6.13. The number of rotatable bonds is 4. The first-order chi connectivity index (χ1) is 12.4. The quantitative estimate of drug-likeness (QED) is 0.612. The summed E-state index contributed by atoms with van der Waals surface area (Å²) in [5.74, 6) is -0.648. The second-order valence-corrected chi connectivity index (χ2v) is 7.14. The topological polar surface area (TPSA) is 75.4 Å². The van der Waals surface area contributed by atoms with Crippen LogP contribution in [0.2, 0.25) is 0 Å². The van der Waals surface area contributed by atoms with Crippen molar-refractivity contribution < 1.29 is 9.59 Å². The average Bonchev–Trinajstić information content (AvgIpc) is 3.00. The van der Waals surface area contributed by atoms with Gasteiger partial charge in [0, 0.05) is 23.6 Å². The average molecular weight is 388 g/mol. The number of benzene rings is 2. The molecule has 1 aliphatic rings. The molecule has 0 spiro atoms. The van der Waals surface area contributed by atoms with Gasteiger partial charge in [-0.3, -0.25) is 9.59 Å². The van der Waals surface area contributed by atoms with Crippen molar-refractivity contribution in [3.8, 4) is 0 Å². The maximum Gasteiger partial charge on any atom is 0.239 e. The molecule has 0 aliphatic carbocycles. The van der Waals surface area contributed by atoms with Gasteiger partial charge < -0.3 is 16.0 Å². The van der Waals surface area contributed by atoms with Crippen LogP contribution in [-0.2, 0) is 9.59 Å².